The van der Waals surface area contributed by atoms with Gasteiger partial charge in [0, 0.05) is 5.56 Å². The standard InChI is InChI=1S/C14H12O4/c1-10(16)11-3-2-4-12(7-11)17-9-14-6-5-13(8-15)18-14/h2-8H,9H2,1H3. The zero-order valence-electron chi connectivity index (χ0n) is 9.88. The highest BCUT2D eigenvalue weighted by Crippen LogP contribution is 2.16. The third kappa shape index (κ3) is 2.85. The highest BCUT2D eigenvalue weighted by molar-refractivity contribution is 5.94. The van der Waals surface area contributed by atoms with Gasteiger partial charge < -0.3 is 9.15 Å². The van der Waals surface area contributed by atoms with Crippen molar-refractivity contribution in [1.29, 1.82) is 0 Å². The number of benzene rings is 1. The van der Waals surface area contributed by atoms with Gasteiger partial charge in [-0.1, -0.05) is 12.1 Å². The summed E-state index contributed by atoms with van der Waals surface area (Å²) >= 11 is 0. The van der Waals surface area contributed by atoms with E-state index in [1.807, 2.05) is 0 Å². The minimum absolute atomic E-state index is 0.0123. The zero-order chi connectivity index (χ0) is 13.0. The lowest BCUT2D eigenvalue weighted by molar-refractivity contribution is 0.101. The first-order valence-corrected chi connectivity index (χ1v) is 5.47. The number of hydrogen-bond donors (Lipinski definition) is 0. The molecule has 2 aromatic rings. The van der Waals surface area contributed by atoms with E-state index in [2.05, 4.69) is 0 Å². The second-order valence-corrected chi connectivity index (χ2v) is 3.79. The van der Waals surface area contributed by atoms with Crippen molar-refractivity contribution in [1.82, 2.24) is 0 Å². The minimum atomic E-state index is -0.0123. The Morgan fingerprint density at radius 3 is 2.83 bits per heavy atom. The number of carbonyl (C=O) groups is 2. The molecule has 0 aliphatic heterocycles. The van der Waals surface area contributed by atoms with E-state index in [4.69, 9.17) is 9.15 Å². The number of carbonyl (C=O) groups excluding carboxylic acids is 2. The molecule has 0 amide bonds. The van der Waals surface area contributed by atoms with Gasteiger partial charge in [-0.3, -0.25) is 9.59 Å². The van der Waals surface area contributed by atoms with Crippen LogP contribution in [0.5, 0.6) is 5.75 Å². The molecule has 18 heavy (non-hydrogen) atoms. The smallest absolute Gasteiger partial charge is 0.185 e. The number of ether oxygens (including phenoxy) is 1. The van der Waals surface area contributed by atoms with Gasteiger partial charge in [0.05, 0.1) is 0 Å². The molecule has 0 fully saturated rings. The predicted molar refractivity (Wildman–Crippen MR) is 64.9 cm³/mol. The van der Waals surface area contributed by atoms with Crippen LogP contribution in [0, 0.1) is 0 Å². The molecule has 4 heteroatoms. The Morgan fingerprint density at radius 1 is 1.33 bits per heavy atom. The summed E-state index contributed by atoms with van der Waals surface area (Å²) in [5.41, 5.74) is 0.598. The fourth-order valence-corrected chi connectivity index (χ4v) is 1.49. The van der Waals surface area contributed by atoms with E-state index in [1.165, 1.54) is 6.92 Å². The Hall–Kier alpha value is -2.36. The van der Waals surface area contributed by atoms with Gasteiger partial charge in [-0.25, -0.2) is 0 Å². The highest BCUT2D eigenvalue weighted by Gasteiger charge is 2.04. The van der Waals surface area contributed by atoms with Crippen LogP contribution in [0.1, 0.15) is 33.6 Å². The molecule has 0 N–H and O–H groups in total. The monoisotopic (exact) mass is 244 g/mol. The minimum Gasteiger partial charge on any atom is -0.486 e. The summed E-state index contributed by atoms with van der Waals surface area (Å²) in [6.07, 6.45) is 0.639. The number of furan rings is 1. The first-order valence-electron chi connectivity index (χ1n) is 5.47. The molecular weight excluding hydrogens is 232 g/mol. The number of Topliss-reactive ketones (excluding diaryl/α,β-unsaturated/α-hetero) is 1. The van der Waals surface area contributed by atoms with Crippen LogP contribution in [0.15, 0.2) is 40.8 Å². The van der Waals surface area contributed by atoms with Crippen LogP contribution in [-0.2, 0) is 6.61 Å². The topological polar surface area (TPSA) is 56.5 Å². The lowest BCUT2D eigenvalue weighted by Gasteiger charge is -2.05. The van der Waals surface area contributed by atoms with Gasteiger partial charge in [-0.2, -0.15) is 0 Å². The van der Waals surface area contributed by atoms with Crippen molar-refractivity contribution < 1.29 is 18.7 Å². The van der Waals surface area contributed by atoms with Crippen molar-refractivity contribution in [3.63, 3.8) is 0 Å². The highest BCUT2D eigenvalue weighted by atomic mass is 16.5. The average molecular weight is 244 g/mol. The molecule has 1 aromatic carbocycles. The van der Waals surface area contributed by atoms with Gasteiger partial charge in [0.15, 0.2) is 17.8 Å². The molecule has 0 radical (unpaired) electrons. The van der Waals surface area contributed by atoms with Crippen LogP contribution in [-0.4, -0.2) is 12.1 Å². The Labute approximate surface area is 104 Å². The van der Waals surface area contributed by atoms with Crippen LogP contribution in [0.2, 0.25) is 0 Å². The van der Waals surface area contributed by atoms with Gasteiger partial charge in [-0.15, -0.1) is 0 Å². The van der Waals surface area contributed by atoms with Crippen molar-refractivity contribution in [2.75, 3.05) is 0 Å². The predicted octanol–water partition coefficient (Wildman–Crippen LogP) is 2.87. The van der Waals surface area contributed by atoms with Crippen molar-refractivity contribution in [2.24, 2.45) is 0 Å². The maximum absolute atomic E-state index is 11.2. The summed E-state index contributed by atoms with van der Waals surface area (Å²) in [6.45, 7) is 1.72. The molecule has 0 bridgehead atoms. The van der Waals surface area contributed by atoms with Gasteiger partial charge >= 0.3 is 0 Å². The molecule has 1 heterocycles. The second kappa shape index (κ2) is 5.31. The van der Waals surface area contributed by atoms with Crippen molar-refractivity contribution >= 4 is 12.1 Å². The molecule has 4 nitrogen and oxygen atoms in total. The van der Waals surface area contributed by atoms with Crippen molar-refractivity contribution in [3.8, 4) is 5.75 Å². The van der Waals surface area contributed by atoms with Gasteiger partial charge in [0.2, 0.25) is 0 Å². The Balaban J connectivity index is 2.03. The molecule has 1 aromatic heterocycles. The van der Waals surface area contributed by atoms with E-state index in [-0.39, 0.29) is 18.2 Å². The van der Waals surface area contributed by atoms with Crippen molar-refractivity contribution in [2.45, 2.75) is 13.5 Å². The van der Waals surface area contributed by atoms with E-state index in [1.54, 1.807) is 36.4 Å². The van der Waals surface area contributed by atoms with E-state index in [0.29, 0.717) is 23.4 Å². The van der Waals surface area contributed by atoms with Gasteiger partial charge in [0.25, 0.3) is 0 Å². The SMILES string of the molecule is CC(=O)c1cccc(OCc2ccc(C=O)o2)c1. The van der Waals surface area contributed by atoms with Gasteiger partial charge in [-0.05, 0) is 31.2 Å². The molecule has 0 aliphatic carbocycles. The number of hydrogen-bond acceptors (Lipinski definition) is 4. The summed E-state index contributed by atoms with van der Waals surface area (Å²) in [5, 5.41) is 0. The summed E-state index contributed by atoms with van der Waals surface area (Å²) in [5.74, 6) is 1.41. The average Bonchev–Trinajstić information content (AvgIpc) is 2.84. The molecule has 0 unspecified atom stereocenters. The Bertz CT molecular complexity index is 569. The molecule has 2 rings (SSSR count). The lowest BCUT2D eigenvalue weighted by atomic mass is 10.1. The molecule has 0 atom stereocenters. The summed E-state index contributed by atoms with van der Waals surface area (Å²) < 4.78 is 10.7. The Morgan fingerprint density at radius 2 is 2.17 bits per heavy atom. The molecular formula is C14H12O4. The summed E-state index contributed by atoms with van der Waals surface area (Å²) in [4.78, 5) is 21.6. The molecule has 0 saturated heterocycles. The zero-order valence-corrected chi connectivity index (χ0v) is 9.88. The number of ketones is 1. The molecule has 0 spiro atoms. The molecule has 92 valence electrons. The van der Waals surface area contributed by atoms with E-state index in [0.717, 1.165) is 0 Å². The largest absolute Gasteiger partial charge is 0.486 e. The van der Waals surface area contributed by atoms with Gasteiger partial charge in [0.1, 0.15) is 18.1 Å². The fourth-order valence-electron chi connectivity index (χ4n) is 1.49. The Kier molecular flexibility index (Phi) is 3.57. The fraction of sp³-hybridized carbons (Fsp3) is 0.143. The third-order valence-electron chi connectivity index (χ3n) is 2.42. The van der Waals surface area contributed by atoms with E-state index >= 15 is 0 Å². The first kappa shape index (κ1) is 12.1. The lowest BCUT2D eigenvalue weighted by Crippen LogP contribution is -1.96. The normalized spacial score (nSPS) is 10.1. The van der Waals surface area contributed by atoms with Crippen LogP contribution in [0.25, 0.3) is 0 Å². The van der Waals surface area contributed by atoms with Crippen molar-refractivity contribution in [3.05, 3.63) is 53.5 Å². The maximum Gasteiger partial charge on any atom is 0.185 e. The van der Waals surface area contributed by atoms with Crippen LogP contribution in [0.3, 0.4) is 0 Å². The van der Waals surface area contributed by atoms with Crippen LogP contribution < -0.4 is 4.74 Å². The quantitative estimate of drug-likeness (QED) is 0.599. The number of aldehydes is 1. The van der Waals surface area contributed by atoms with Crippen LogP contribution >= 0.6 is 0 Å². The summed E-state index contributed by atoms with van der Waals surface area (Å²) in [7, 11) is 0. The third-order valence-corrected chi connectivity index (χ3v) is 2.42. The first-order chi connectivity index (χ1) is 8.69. The number of rotatable bonds is 5. The maximum atomic E-state index is 11.2. The van der Waals surface area contributed by atoms with E-state index < -0.39 is 0 Å². The molecule has 0 saturated carbocycles. The van der Waals surface area contributed by atoms with E-state index in [9.17, 15) is 9.59 Å². The summed E-state index contributed by atoms with van der Waals surface area (Å²) in [6, 6.07) is 10.2. The van der Waals surface area contributed by atoms with Crippen LogP contribution in [0.4, 0.5) is 0 Å². The molecule has 0 aliphatic rings. The second-order valence-electron chi connectivity index (χ2n) is 3.79.